The van der Waals surface area contributed by atoms with Gasteiger partial charge in [0, 0.05) is 51.9 Å². The van der Waals surface area contributed by atoms with E-state index in [4.69, 9.17) is 89.3 Å². The Kier molecular flexibility index (Phi) is 15.9. The zero-order chi connectivity index (χ0) is 41.7. The Morgan fingerprint density at radius 3 is 1.26 bits per heavy atom. The number of halogens is 6. The summed E-state index contributed by atoms with van der Waals surface area (Å²) < 4.78 is 10.5. The minimum absolute atomic E-state index is 0.00543. The zero-order valence-corrected chi connectivity index (χ0v) is 38.0. The lowest BCUT2D eigenvalue weighted by molar-refractivity contribution is -0.140. The van der Waals surface area contributed by atoms with E-state index < -0.39 is 36.7 Å². The quantitative estimate of drug-likeness (QED) is 0.0666. The van der Waals surface area contributed by atoms with Gasteiger partial charge in [0.2, 0.25) is 11.6 Å². The molecular weight excluding hydrogens is 990 g/mol. The van der Waals surface area contributed by atoms with Crippen molar-refractivity contribution in [2.45, 2.75) is 0 Å². The number of carbonyl (C=O) groups is 4. The third kappa shape index (κ3) is 10.5. The van der Waals surface area contributed by atoms with Crippen LogP contribution in [0.4, 0.5) is 0 Å². The minimum Gasteiger partial charge on any atom is -0.480 e. The molecule has 2 aliphatic rings. The largest absolute Gasteiger partial charge is 0.480 e. The molecule has 2 N–H and O–H groups in total. The number of ketones is 2. The number of allylic oxidation sites excluding steroid dienone is 4. The van der Waals surface area contributed by atoms with Gasteiger partial charge in [-0.15, -0.1) is 0 Å². The first-order chi connectivity index (χ1) is 27.7. The first-order valence-electron chi connectivity index (χ1n) is 15.9. The summed E-state index contributed by atoms with van der Waals surface area (Å²) >= 11 is 39.3. The van der Waals surface area contributed by atoms with Crippen LogP contribution in [-0.2, 0) is 9.59 Å². The summed E-state index contributed by atoms with van der Waals surface area (Å²) in [5.74, 6) is -3.62. The van der Waals surface area contributed by atoms with Crippen molar-refractivity contribution in [3.8, 4) is 11.5 Å². The maximum atomic E-state index is 14.6. The first-order valence-corrected chi connectivity index (χ1v) is 24.7. The van der Waals surface area contributed by atoms with E-state index in [-0.39, 0.29) is 52.5 Å². The van der Waals surface area contributed by atoms with E-state index in [1.54, 1.807) is 24.3 Å². The predicted molar refractivity (Wildman–Crippen MR) is 246 cm³/mol. The Morgan fingerprint density at radius 1 is 0.517 bits per heavy atom. The van der Waals surface area contributed by atoms with Gasteiger partial charge in [0.1, 0.15) is 21.5 Å². The van der Waals surface area contributed by atoms with E-state index in [0.717, 1.165) is 42.5 Å². The molecule has 0 saturated heterocycles. The third-order valence-electron chi connectivity index (χ3n) is 7.60. The van der Waals surface area contributed by atoms with Gasteiger partial charge in [0.05, 0.1) is 19.9 Å². The number of Topliss-reactive ketones (excluding diaryl/α,β-unsaturated/α-hetero) is 2. The highest BCUT2D eigenvalue weighted by Crippen LogP contribution is 2.58. The van der Waals surface area contributed by atoms with Crippen LogP contribution >= 0.6 is 134 Å². The van der Waals surface area contributed by atoms with E-state index in [1.807, 2.05) is 36.4 Å². The van der Waals surface area contributed by atoms with Gasteiger partial charge >= 0.3 is 11.9 Å². The van der Waals surface area contributed by atoms with Crippen molar-refractivity contribution >= 4 is 168 Å². The number of rotatable bonds is 15. The number of aliphatic carboxylic acids is 2. The Hall–Kier alpha value is -2.44. The van der Waals surface area contributed by atoms with Crippen molar-refractivity contribution in [3.05, 3.63) is 157 Å². The van der Waals surface area contributed by atoms with Crippen LogP contribution in [0.15, 0.2) is 105 Å². The fraction of sp³-hybridized carbons (Fsp3) is 0.0526. The second-order valence-electron chi connectivity index (χ2n) is 11.4. The average Bonchev–Trinajstić information content (AvgIpc) is 3.88. The molecule has 4 aromatic rings. The lowest BCUT2D eigenvalue weighted by atomic mass is 10.1. The average molecular weight is 1010 g/mol. The van der Waals surface area contributed by atoms with Crippen LogP contribution in [0, 0.1) is 0 Å². The van der Waals surface area contributed by atoms with Gasteiger partial charge in [-0.05, 0) is 70.1 Å². The number of carbonyl (C=O) groups excluding carboxylic acids is 2. The minimum atomic E-state index is -1.23. The third-order valence-corrected chi connectivity index (χ3v) is 17.6. The SMILES string of the molecule is O=C(O)COc1ccc(C(=O)/C(SS/C(C(=O)c2ccc(OCC(=O)O)c(Cl)c2Cl)=C2\C=C(c3ccccc3Cl)SS2)=C2/C=C(c3ccccc3Cl)SS2)c(Cl)c1Cl. The van der Waals surface area contributed by atoms with Gasteiger partial charge in [-0.25, -0.2) is 9.59 Å². The number of hydrogen-bond acceptors (Lipinski definition) is 12. The van der Waals surface area contributed by atoms with Crippen molar-refractivity contribution < 1.29 is 38.9 Å². The Labute approximate surface area is 384 Å². The van der Waals surface area contributed by atoms with Crippen molar-refractivity contribution in [1.82, 2.24) is 0 Å². The molecule has 0 bridgehead atoms. The van der Waals surface area contributed by atoms with Crippen molar-refractivity contribution in [1.29, 1.82) is 0 Å². The fourth-order valence-electron chi connectivity index (χ4n) is 4.91. The molecule has 20 heteroatoms. The highest BCUT2D eigenvalue weighted by atomic mass is 35.5. The molecule has 0 aliphatic carbocycles. The molecule has 4 aromatic carbocycles. The molecule has 0 unspecified atom stereocenters. The van der Waals surface area contributed by atoms with Crippen LogP contribution in [0.3, 0.4) is 0 Å². The van der Waals surface area contributed by atoms with Gasteiger partial charge in [0.15, 0.2) is 13.2 Å². The van der Waals surface area contributed by atoms with E-state index in [1.165, 1.54) is 67.4 Å². The Balaban J connectivity index is 1.45. The molecule has 0 atom stereocenters. The topological polar surface area (TPSA) is 127 Å². The summed E-state index contributed by atoms with van der Waals surface area (Å²) in [6.45, 7) is -1.37. The van der Waals surface area contributed by atoms with E-state index in [0.29, 0.717) is 19.9 Å². The summed E-state index contributed by atoms with van der Waals surface area (Å²) in [5, 5.41) is 18.5. The molecule has 0 saturated carbocycles. The molecular formula is C38H20Cl6O8S6. The molecule has 6 rings (SSSR count). The summed E-state index contributed by atoms with van der Waals surface area (Å²) in [5.41, 5.74) is 1.49. The Morgan fingerprint density at radius 2 is 0.897 bits per heavy atom. The van der Waals surface area contributed by atoms with E-state index in [2.05, 4.69) is 0 Å². The molecule has 2 aliphatic heterocycles. The first kappa shape index (κ1) is 45.1. The van der Waals surface area contributed by atoms with Gasteiger partial charge in [-0.3, -0.25) is 9.59 Å². The van der Waals surface area contributed by atoms with Crippen LogP contribution in [0.25, 0.3) is 9.81 Å². The Bertz CT molecular complexity index is 2340. The standard InChI is InChI=1S/C38H20Cl6O8S6/c39-21-7-3-1-5-17(21)25-13-27(55-53-25)37(35(49)19-9-11-23(33(43)31(19)41)51-15-29(45)46)57-58-38(28-14-26(54-56-28)18-6-2-4-8-22(18)40)36(50)20-10-12-24(34(44)32(20)42)52-16-30(47)48/h1-14H,15-16H2,(H,45,46)(H,47,48)/b37-27+,38-28+. The molecule has 58 heavy (non-hydrogen) atoms. The van der Waals surface area contributed by atoms with Gasteiger partial charge < -0.3 is 19.7 Å². The molecule has 0 spiro atoms. The second kappa shape index (κ2) is 20.4. The number of hydrogen-bond donors (Lipinski definition) is 2. The smallest absolute Gasteiger partial charge is 0.341 e. The van der Waals surface area contributed by atoms with Gasteiger partial charge in [-0.2, -0.15) is 0 Å². The monoisotopic (exact) mass is 1010 g/mol. The summed E-state index contributed by atoms with van der Waals surface area (Å²) in [6, 6.07) is 20.0. The molecule has 0 amide bonds. The van der Waals surface area contributed by atoms with Crippen molar-refractivity contribution in [2.75, 3.05) is 13.2 Å². The van der Waals surface area contributed by atoms with Crippen LogP contribution in [0.5, 0.6) is 11.5 Å². The fourth-order valence-corrected chi connectivity index (χ4v) is 14.6. The van der Waals surface area contributed by atoms with Crippen LogP contribution in [0.1, 0.15) is 31.8 Å². The number of carboxylic acids is 2. The molecule has 2 heterocycles. The maximum Gasteiger partial charge on any atom is 0.341 e. The zero-order valence-electron chi connectivity index (χ0n) is 28.6. The molecule has 8 nitrogen and oxygen atoms in total. The summed E-state index contributed by atoms with van der Waals surface area (Å²) in [7, 11) is 7.38. The molecule has 0 aromatic heterocycles. The highest BCUT2D eigenvalue weighted by Gasteiger charge is 2.31. The second-order valence-corrected chi connectivity index (χ2v) is 20.3. The number of carboxylic acid groups (broad SMARTS) is 2. The highest BCUT2D eigenvalue weighted by molar-refractivity contribution is 8.83. The number of benzene rings is 4. The molecule has 0 fully saturated rings. The molecule has 0 radical (unpaired) electrons. The maximum absolute atomic E-state index is 14.6. The van der Waals surface area contributed by atoms with E-state index in [9.17, 15) is 19.2 Å². The summed E-state index contributed by atoms with van der Waals surface area (Å²) in [6.07, 6.45) is 3.63. The summed E-state index contributed by atoms with van der Waals surface area (Å²) in [4.78, 5) is 54.4. The number of ether oxygens (including phenoxy) is 2. The van der Waals surface area contributed by atoms with Crippen LogP contribution in [0.2, 0.25) is 30.1 Å². The predicted octanol–water partition coefficient (Wildman–Crippen LogP) is 14.3. The molecule has 298 valence electrons. The van der Waals surface area contributed by atoms with Gasteiger partial charge in [-0.1, -0.05) is 149 Å². The normalized spacial score (nSPS) is 15.4. The van der Waals surface area contributed by atoms with Crippen LogP contribution < -0.4 is 9.47 Å². The van der Waals surface area contributed by atoms with Crippen molar-refractivity contribution in [2.24, 2.45) is 0 Å². The lowest BCUT2D eigenvalue weighted by Crippen LogP contribution is -2.10. The lowest BCUT2D eigenvalue weighted by Gasteiger charge is -2.15. The van der Waals surface area contributed by atoms with Crippen LogP contribution in [-0.4, -0.2) is 46.9 Å². The van der Waals surface area contributed by atoms with Crippen molar-refractivity contribution in [3.63, 3.8) is 0 Å². The van der Waals surface area contributed by atoms with E-state index >= 15 is 0 Å². The van der Waals surface area contributed by atoms with Gasteiger partial charge in [0.25, 0.3) is 0 Å².